The van der Waals surface area contributed by atoms with Gasteiger partial charge in [0.1, 0.15) is 17.5 Å². The van der Waals surface area contributed by atoms with Crippen molar-refractivity contribution in [2.45, 2.75) is 37.6 Å². The van der Waals surface area contributed by atoms with Crippen LogP contribution < -0.4 is 5.69 Å². The molecule has 182 valence electrons. The monoisotopic (exact) mass is 479 g/mol. The highest BCUT2D eigenvalue weighted by Crippen LogP contribution is 2.31. The van der Waals surface area contributed by atoms with Gasteiger partial charge in [-0.1, -0.05) is 24.3 Å². The first kappa shape index (κ1) is 23.4. The van der Waals surface area contributed by atoms with Gasteiger partial charge in [0, 0.05) is 25.0 Å². The van der Waals surface area contributed by atoms with Crippen molar-refractivity contribution in [3.8, 4) is 0 Å². The number of likely N-dealkylation sites (tertiary alicyclic amines) is 1. The fourth-order valence-corrected chi connectivity index (χ4v) is 5.30. The molecule has 3 aromatic carbocycles. The van der Waals surface area contributed by atoms with Crippen molar-refractivity contribution >= 4 is 11.0 Å². The predicted molar refractivity (Wildman–Crippen MR) is 131 cm³/mol. The lowest BCUT2D eigenvalue weighted by atomic mass is 9.87. The van der Waals surface area contributed by atoms with Crippen LogP contribution >= 0.6 is 0 Å². The minimum Gasteiger partial charge on any atom is -0.305 e. The lowest BCUT2D eigenvalue weighted by Crippen LogP contribution is -2.37. The molecule has 0 radical (unpaired) electrons. The maximum absolute atomic E-state index is 13.5. The van der Waals surface area contributed by atoms with E-state index in [0.717, 1.165) is 62.0 Å². The molecule has 4 nitrogen and oxygen atoms in total. The van der Waals surface area contributed by atoms with Gasteiger partial charge in [-0.25, -0.2) is 18.0 Å². The number of hydrogen-bond acceptors (Lipinski definition) is 2. The van der Waals surface area contributed by atoms with E-state index in [2.05, 4.69) is 9.88 Å². The van der Waals surface area contributed by atoms with Crippen molar-refractivity contribution in [2.24, 2.45) is 0 Å². The molecule has 0 unspecified atom stereocenters. The van der Waals surface area contributed by atoms with E-state index in [4.69, 9.17) is 0 Å². The van der Waals surface area contributed by atoms with Gasteiger partial charge in [-0.2, -0.15) is 0 Å². The van der Waals surface area contributed by atoms with Crippen molar-refractivity contribution in [3.05, 3.63) is 106 Å². The highest BCUT2D eigenvalue weighted by Gasteiger charge is 2.24. The van der Waals surface area contributed by atoms with Gasteiger partial charge in [0.25, 0.3) is 0 Å². The van der Waals surface area contributed by atoms with Crippen LogP contribution in [-0.2, 0) is 0 Å². The third kappa shape index (κ3) is 5.20. The molecule has 0 atom stereocenters. The van der Waals surface area contributed by atoms with Gasteiger partial charge in [-0.05, 0) is 85.8 Å². The Hall–Kier alpha value is -3.32. The number of rotatable bonds is 7. The van der Waals surface area contributed by atoms with Crippen LogP contribution in [-0.4, -0.2) is 34.1 Å². The molecule has 0 amide bonds. The van der Waals surface area contributed by atoms with E-state index in [1.54, 1.807) is 34.9 Å². The van der Waals surface area contributed by atoms with Gasteiger partial charge in [-0.3, -0.25) is 4.57 Å². The highest BCUT2D eigenvalue weighted by molar-refractivity contribution is 5.75. The molecular formula is C28H28F3N3O. The van der Waals surface area contributed by atoms with Gasteiger partial charge in [-0.15, -0.1) is 0 Å². The molecule has 4 aromatic rings. The molecular weight excluding hydrogens is 451 g/mol. The van der Waals surface area contributed by atoms with Crippen molar-refractivity contribution in [2.75, 3.05) is 19.6 Å². The van der Waals surface area contributed by atoms with Crippen LogP contribution in [0.5, 0.6) is 0 Å². The number of piperidine rings is 1. The number of imidazole rings is 1. The Kier molecular flexibility index (Phi) is 6.77. The zero-order chi connectivity index (χ0) is 24.4. The van der Waals surface area contributed by atoms with E-state index in [0.29, 0.717) is 5.52 Å². The molecule has 0 bridgehead atoms. The summed E-state index contributed by atoms with van der Waals surface area (Å²) in [7, 11) is 0. The minimum atomic E-state index is -0.361. The van der Waals surface area contributed by atoms with Crippen LogP contribution in [0.4, 0.5) is 13.2 Å². The van der Waals surface area contributed by atoms with Crippen LogP contribution in [0.15, 0.2) is 71.5 Å². The number of H-pyrrole nitrogens is 1. The fraction of sp³-hybridized carbons (Fsp3) is 0.321. The number of halogens is 3. The second kappa shape index (κ2) is 10.1. The summed E-state index contributed by atoms with van der Waals surface area (Å²) in [5.74, 6) is -0.831. The Morgan fingerprint density at radius 1 is 0.829 bits per heavy atom. The van der Waals surface area contributed by atoms with E-state index in [1.165, 1.54) is 36.4 Å². The van der Waals surface area contributed by atoms with Crippen LogP contribution in [0.2, 0.25) is 0 Å². The average molecular weight is 480 g/mol. The molecule has 2 heterocycles. The molecule has 1 fully saturated rings. The summed E-state index contributed by atoms with van der Waals surface area (Å²) in [6, 6.07) is 17.6. The lowest BCUT2D eigenvalue weighted by molar-refractivity contribution is 0.183. The maximum Gasteiger partial charge on any atom is 0.326 e. The van der Waals surface area contributed by atoms with Gasteiger partial charge in [0.2, 0.25) is 0 Å². The molecule has 35 heavy (non-hydrogen) atoms. The second-order valence-electron chi connectivity index (χ2n) is 9.33. The predicted octanol–water partition coefficient (Wildman–Crippen LogP) is 6.00. The van der Waals surface area contributed by atoms with Crippen LogP contribution in [0.3, 0.4) is 0 Å². The Morgan fingerprint density at radius 3 is 2.00 bits per heavy atom. The van der Waals surface area contributed by atoms with Crippen LogP contribution in [0.1, 0.15) is 48.8 Å². The summed E-state index contributed by atoms with van der Waals surface area (Å²) < 4.78 is 42.2. The van der Waals surface area contributed by atoms with Crippen molar-refractivity contribution in [1.29, 1.82) is 0 Å². The lowest BCUT2D eigenvalue weighted by Gasteiger charge is -2.32. The number of aromatic amines is 1. The quantitative estimate of drug-likeness (QED) is 0.353. The molecule has 7 heteroatoms. The summed E-state index contributed by atoms with van der Waals surface area (Å²) in [4.78, 5) is 17.7. The number of hydrogen-bond donors (Lipinski definition) is 1. The molecule has 1 saturated heterocycles. The number of fused-ring (bicyclic) bond motifs is 1. The van der Waals surface area contributed by atoms with E-state index in [-0.39, 0.29) is 35.1 Å². The number of aromatic nitrogens is 2. The first-order valence-electron chi connectivity index (χ1n) is 12.1. The first-order chi connectivity index (χ1) is 17.0. The average Bonchev–Trinajstić information content (AvgIpc) is 3.18. The molecule has 0 saturated carbocycles. The van der Waals surface area contributed by atoms with E-state index in [1.807, 2.05) is 0 Å². The molecule has 1 aromatic heterocycles. The van der Waals surface area contributed by atoms with Gasteiger partial charge in [0.05, 0.1) is 11.0 Å². The van der Waals surface area contributed by atoms with Crippen LogP contribution in [0.25, 0.3) is 11.0 Å². The molecule has 1 N–H and O–H groups in total. The number of nitrogens with one attached hydrogen (secondary N) is 1. The molecule has 1 aliphatic rings. The number of nitrogens with zero attached hydrogens (tertiary/aromatic N) is 2. The molecule has 1 aliphatic heterocycles. The van der Waals surface area contributed by atoms with E-state index in [9.17, 15) is 18.0 Å². The molecule has 0 spiro atoms. The van der Waals surface area contributed by atoms with Crippen LogP contribution in [0, 0.1) is 17.5 Å². The smallest absolute Gasteiger partial charge is 0.305 e. The SMILES string of the molecule is O=c1[nH]c2cc(F)ccc2n1C1CCN(CCCC(c2ccc(F)cc2)c2ccc(F)cc2)CC1. The summed E-state index contributed by atoms with van der Waals surface area (Å²) >= 11 is 0. The summed E-state index contributed by atoms with van der Waals surface area (Å²) in [5, 5.41) is 0. The van der Waals surface area contributed by atoms with Crippen molar-refractivity contribution in [3.63, 3.8) is 0 Å². The summed E-state index contributed by atoms with van der Waals surface area (Å²) in [5.41, 5.74) is 3.13. The van der Waals surface area contributed by atoms with Crippen molar-refractivity contribution in [1.82, 2.24) is 14.5 Å². The van der Waals surface area contributed by atoms with Gasteiger partial charge in [0.15, 0.2) is 0 Å². The Morgan fingerprint density at radius 2 is 1.40 bits per heavy atom. The standard InChI is InChI=1S/C28H28F3N3O/c29-21-7-3-19(4-8-21)25(20-5-9-22(30)10-6-20)2-1-15-33-16-13-24(14-17-33)34-27-12-11-23(31)18-26(27)32-28(34)35/h3-12,18,24-25H,1-2,13-17H2,(H,32,35). The number of benzene rings is 3. The largest absolute Gasteiger partial charge is 0.326 e. The maximum atomic E-state index is 13.5. The van der Waals surface area contributed by atoms with Gasteiger partial charge >= 0.3 is 5.69 Å². The van der Waals surface area contributed by atoms with E-state index >= 15 is 0 Å². The normalized spacial score (nSPS) is 15.3. The van der Waals surface area contributed by atoms with Crippen molar-refractivity contribution < 1.29 is 13.2 Å². The Labute approximate surface area is 202 Å². The zero-order valence-electron chi connectivity index (χ0n) is 19.4. The minimum absolute atomic E-state index is 0.0685. The zero-order valence-corrected chi connectivity index (χ0v) is 19.4. The first-order valence-corrected chi connectivity index (χ1v) is 12.1. The fourth-order valence-electron chi connectivity index (χ4n) is 5.30. The van der Waals surface area contributed by atoms with Gasteiger partial charge < -0.3 is 9.88 Å². The third-order valence-corrected chi connectivity index (χ3v) is 7.11. The summed E-state index contributed by atoms with van der Waals surface area (Å²) in [6.07, 6.45) is 3.51. The third-order valence-electron chi connectivity index (χ3n) is 7.11. The Bertz CT molecular complexity index is 1290. The topological polar surface area (TPSA) is 41.0 Å². The van der Waals surface area contributed by atoms with E-state index < -0.39 is 0 Å². The Balaban J connectivity index is 1.21. The molecule has 0 aliphatic carbocycles. The highest BCUT2D eigenvalue weighted by atomic mass is 19.1. The second-order valence-corrected chi connectivity index (χ2v) is 9.33. The summed E-state index contributed by atoms with van der Waals surface area (Å²) in [6.45, 7) is 2.67. The molecule has 5 rings (SSSR count).